The second-order valence-corrected chi connectivity index (χ2v) is 6.46. The fraction of sp³-hybridized carbons (Fsp3) is 0.462. The number of hydrogen-bond donors (Lipinski definition) is 2. The second kappa shape index (κ2) is 7.17. The Balaban J connectivity index is 1.78. The number of benzene rings is 1. The molecule has 2 N–H and O–H groups in total. The Hall–Kier alpha value is -0.720. The minimum atomic E-state index is -0.144. The van der Waals surface area contributed by atoms with Gasteiger partial charge in [-0.15, -0.1) is 0 Å². The molecule has 0 unspecified atom stereocenters. The lowest BCUT2D eigenvalue weighted by atomic mass is 10.2. The van der Waals surface area contributed by atoms with E-state index in [9.17, 15) is 9.90 Å². The molecule has 1 aromatic rings. The number of carbonyl (C=O) groups excluding carboxylic acids is 1. The first-order valence-corrected chi connectivity index (χ1v) is 8.18. The number of nitrogens with zero attached hydrogens (tertiary/aromatic N) is 1. The van der Waals surface area contributed by atoms with E-state index in [1.807, 2.05) is 11.8 Å². The van der Waals surface area contributed by atoms with Gasteiger partial charge in [-0.05, 0) is 34.1 Å². The highest BCUT2D eigenvalue weighted by molar-refractivity contribution is 9.10. The smallest absolute Gasteiger partial charge is 0.251 e. The number of halogens is 1. The topological polar surface area (TPSA) is 52.6 Å². The minimum Gasteiger partial charge on any atom is -0.507 e. The lowest BCUT2D eigenvalue weighted by Crippen LogP contribution is -2.39. The fourth-order valence-corrected chi connectivity index (χ4v) is 3.13. The molecule has 0 atom stereocenters. The van der Waals surface area contributed by atoms with Gasteiger partial charge in [-0.2, -0.15) is 11.8 Å². The first-order valence-electron chi connectivity index (χ1n) is 6.23. The van der Waals surface area contributed by atoms with Crippen LogP contribution in [0.5, 0.6) is 5.75 Å². The second-order valence-electron chi connectivity index (χ2n) is 4.38. The molecular formula is C13H17BrN2O2S. The van der Waals surface area contributed by atoms with Crippen molar-refractivity contribution in [2.24, 2.45) is 0 Å². The Bertz CT molecular complexity index is 450. The van der Waals surface area contributed by atoms with Crippen LogP contribution in [0.25, 0.3) is 0 Å². The first-order chi connectivity index (χ1) is 9.16. The molecule has 4 nitrogen and oxygen atoms in total. The number of nitrogens with one attached hydrogen (secondary N) is 1. The van der Waals surface area contributed by atoms with Crippen molar-refractivity contribution < 1.29 is 9.90 Å². The van der Waals surface area contributed by atoms with Crippen LogP contribution in [0.2, 0.25) is 0 Å². The Labute approximate surface area is 125 Å². The van der Waals surface area contributed by atoms with Crippen LogP contribution in [0, 0.1) is 0 Å². The third kappa shape index (κ3) is 4.40. The molecular weight excluding hydrogens is 328 g/mol. The molecule has 1 saturated heterocycles. The summed E-state index contributed by atoms with van der Waals surface area (Å²) in [6.07, 6.45) is 0. The monoisotopic (exact) mass is 344 g/mol. The Morgan fingerprint density at radius 1 is 1.42 bits per heavy atom. The van der Waals surface area contributed by atoms with Crippen molar-refractivity contribution >= 4 is 33.6 Å². The summed E-state index contributed by atoms with van der Waals surface area (Å²) in [5.74, 6) is 2.29. The number of aromatic hydroxyl groups is 1. The standard InChI is InChI=1S/C13H17BrN2O2S/c14-11-2-1-10(9-12(11)17)13(18)15-3-4-16-5-7-19-8-6-16/h1-2,9,17H,3-8H2,(H,15,18). The molecule has 1 aliphatic rings. The van der Waals surface area contributed by atoms with Gasteiger partial charge in [-0.3, -0.25) is 9.69 Å². The van der Waals surface area contributed by atoms with Crippen molar-refractivity contribution in [2.75, 3.05) is 37.7 Å². The molecule has 0 spiro atoms. The normalized spacial score (nSPS) is 16.3. The van der Waals surface area contributed by atoms with Crippen molar-refractivity contribution in [1.82, 2.24) is 10.2 Å². The first kappa shape index (κ1) is 14.7. The fourth-order valence-electron chi connectivity index (χ4n) is 1.91. The molecule has 0 radical (unpaired) electrons. The Morgan fingerprint density at radius 2 is 2.16 bits per heavy atom. The number of phenols is 1. The maximum absolute atomic E-state index is 11.9. The number of hydrogen-bond acceptors (Lipinski definition) is 4. The van der Waals surface area contributed by atoms with E-state index in [0.717, 1.165) is 19.6 Å². The zero-order valence-electron chi connectivity index (χ0n) is 10.6. The maximum atomic E-state index is 11.9. The van der Waals surface area contributed by atoms with Gasteiger partial charge in [0.15, 0.2) is 0 Å². The van der Waals surface area contributed by atoms with E-state index in [1.165, 1.54) is 17.6 Å². The molecule has 0 bridgehead atoms. The van der Waals surface area contributed by atoms with Crippen LogP contribution in [0.4, 0.5) is 0 Å². The Kier molecular flexibility index (Phi) is 5.54. The Morgan fingerprint density at radius 3 is 2.84 bits per heavy atom. The van der Waals surface area contributed by atoms with Gasteiger partial charge in [0, 0.05) is 43.2 Å². The van der Waals surface area contributed by atoms with Gasteiger partial charge in [0.05, 0.1) is 4.47 Å². The van der Waals surface area contributed by atoms with Crippen LogP contribution in [0.3, 0.4) is 0 Å². The van der Waals surface area contributed by atoms with Gasteiger partial charge >= 0.3 is 0 Å². The highest BCUT2D eigenvalue weighted by Crippen LogP contribution is 2.24. The quantitative estimate of drug-likeness (QED) is 0.876. The highest BCUT2D eigenvalue weighted by atomic mass is 79.9. The lowest BCUT2D eigenvalue weighted by molar-refractivity contribution is 0.0948. The largest absolute Gasteiger partial charge is 0.507 e. The summed E-state index contributed by atoms with van der Waals surface area (Å²) in [6, 6.07) is 4.83. The molecule has 104 valence electrons. The van der Waals surface area contributed by atoms with Crippen LogP contribution in [-0.4, -0.2) is 53.6 Å². The number of carbonyl (C=O) groups is 1. The van der Waals surface area contributed by atoms with Gasteiger partial charge in [-0.25, -0.2) is 0 Å². The number of thioether (sulfide) groups is 1. The van der Waals surface area contributed by atoms with E-state index in [2.05, 4.69) is 26.1 Å². The van der Waals surface area contributed by atoms with Crippen molar-refractivity contribution in [1.29, 1.82) is 0 Å². The molecule has 1 aromatic carbocycles. The SMILES string of the molecule is O=C(NCCN1CCSCC1)c1ccc(Br)c(O)c1. The van der Waals surface area contributed by atoms with Crippen molar-refractivity contribution in [2.45, 2.75) is 0 Å². The van der Waals surface area contributed by atoms with E-state index >= 15 is 0 Å². The van der Waals surface area contributed by atoms with Gasteiger partial charge < -0.3 is 10.4 Å². The summed E-state index contributed by atoms with van der Waals surface area (Å²) in [5, 5.41) is 12.4. The molecule has 1 heterocycles. The van der Waals surface area contributed by atoms with Gasteiger partial charge in [-0.1, -0.05) is 0 Å². The average molecular weight is 345 g/mol. The number of rotatable bonds is 4. The zero-order valence-corrected chi connectivity index (χ0v) is 13.0. The summed E-state index contributed by atoms with van der Waals surface area (Å²) < 4.78 is 0.592. The molecule has 0 saturated carbocycles. The van der Waals surface area contributed by atoms with Gasteiger partial charge in [0.1, 0.15) is 5.75 Å². The summed E-state index contributed by atoms with van der Waals surface area (Å²) in [7, 11) is 0. The summed E-state index contributed by atoms with van der Waals surface area (Å²) in [5.41, 5.74) is 0.481. The predicted molar refractivity (Wildman–Crippen MR) is 81.9 cm³/mol. The van der Waals surface area contributed by atoms with Gasteiger partial charge in [0.25, 0.3) is 5.91 Å². The van der Waals surface area contributed by atoms with Crippen LogP contribution in [-0.2, 0) is 0 Å². The van der Waals surface area contributed by atoms with Crippen molar-refractivity contribution in [3.05, 3.63) is 28.2 Å². The van der Waals surface area contributed by atoms with Crippen LogP contribution >= 0.6 is 27.7 Å². The van der Waals surface area contributed by atoms with E-state index in [1.54, 1.807) is 12.1 Å². The summed E-state index contributed by atoms with van der Waals surface area (Å²) >= 11 is 5.17. The van der Waals surface area contributed by atoms with E-state index in [4.69, 9.17) is 0 Å². The number of phenolic OH excluding ortho intramolecular Hbond substituents is 1. The molecule has 1 amide bonds. The number of amides is 1. The third-order valence-electron chi connectivity index (χ3n) is 3.03. The van der Waals surface area contributed by atoms with Crippen LogP contribution in [0.15, 0.2) is 22.7 Å². The summed E-state index contributed by atoms with van der Waals surface area (Å²) in [4.78, 5) is 14.2. The molecule has 0 aromatic heterocycles. The van der Waals surface area contributed by atoms with Crippen molar-refractivity contribution in [3.8, 4) is 5.75 Å². The summed E-state index contributed by atoms with van der Waals surface area (Å²) in [6.45, 7) is 3.72. The highest BCUT2D eigenvalue weighted by Gasteiger charge is 2.11. The predicted octanol–water partition coefficient (Wildman–Crippen LogP) is 1.93. The van der Waals surface area contributed by atoms with Crippen LogP contribution < -0.4 is 5.32 Å². The van der Waals surface area contributed by atoms with E-state index < -0.39 is 0 Å². The zero-order chi connectivity index (χ0) is 13.7. The third-order valence-corrected chi connectivity index (χ3v) is 4.64. The molecule has 19 heavy (non-hydrogen) atoms. The molecule has 6 heteroatoms. The van der Waals surface area contributed by atoms with E-state index in [0.29, 0.717) is 16.6 Å². The lowest BCUT2D eigenvalue weighted by Gasteiger charge is -2.25. The molecule has 1 fully saturated rings. The molecule has 0 aliphatic carbocycles. The van der Waals surface area contributed by atoms with Crippen LogP contribution in [0.1, 0.15) is 10.4 Å². The van der Waals surface area contributed by atoms with E-state index in [-0.39, 0.29) is 11.7 Å². The maximum Gasteiger partial charge on any atom is 0.251 e. The minimum absolute atomic E-state index is 0.0840. The van der Waals surface area contributed by atoms with Crippen molar-refractivity contribution in [3.63, 3.8) is 0 Å². The average Bonchev–Trinajstić information content (AvgIpc) is 2.43. The molecule has 2 rings (SSSR count). The van der Waals surface area contributed by atoms with Gasteiger partial charge in [0.2, 0.25) is 0 Å². The molecule has 1 aliphatic heterocycles.